The van der Waals surface area contributed by atoms with E-state index < -0.39 is 24.5 Å². The minimum atomic E-state index is -0.677. The molecule has 4 aliphatic rings. The highest BCUT2D eigenvalue weighted by molar-refractivity contribution is 8.00. The first-order valence-electron chi connectivity index (χ1n) is 12.0. The molecule has 0 spiro atoms. The molecule has 34 heavy (non-hydrogen) atoms. The van der Waals surface area contributed by atoms with Crippen molar-refractivity contribution in [3.8, 4) is 0 Å². The van der Waals surface area contributed by atoms with Crippen LogP contribution in [-0.4, -0.2) is 47.8 Å². The zero-order valence-corrected chi connectivity index (χ0v) is 20.5. The average Bonchev–Trinajstić information content (AvgIpc) is 2.74. The van der Waals surface area contributed by atoms with Crippen molar-refractivity contribution in [1.82, 2.24) is 16.0 Å². The maximum Gasteiger partial charge on any atom is 0.339 e. The van der Waals surface area contributed by atoms with Crippen molar-refractivity contribution in [2.45, 2.75) is 68.8 Å². The number of thioether (sulfide) groups is 1. The maximum absolute atomic E-state index is 12.6. The van der Waals surface area contributed by atoms with Gasteiger partial charge in [0.1, 0.15) is 0 Å². The van der Waals surface area contributed by atoms with Gasteiger partial charge >= 0.3 is 12.0 Å². The number of nitrogens with one attached hydrogen (secondary N) is 3. The van der Waals surface area contributed by atoms with Gasteiger partial charge in [0.2, 0.25) is 5.91 Å². The molecule has 4 saturated carbocycles. The van der Waals surface area contributed by atoms with Gasteiger partial charge in [0.25, 0.3) is 5.91 Å². The van der Waals surface area contributed by atoms with E-state index >= 15 is 0 Å². The van der Waals surface area contributed by atoms with Crippen LogP contribution in [0.15, 0.2) is 29.2 Å². The van der Waals surface area contributed by atoms with Crippen molar-refractivity contribution in [2.24, 2.45) is 17.8 Å². The second kappa shape index (κ2) is 10.4. The molecule has 0 unspecified atom stereocenters. The molecule has 4 bridgehead atoms. The van der Waals surface area contributed by atoms with Crippen LogP contribution in [0, 0.1) is 17.8 Å². The summed E-state index contributed by atoms with van der Waals surface area (Å²) in [7, 11) is 0. The summed E-state index contributed by atoms with van der Waals surface area (Å²) in [4.78, 5) is 49.8. The number of hydrogen-bond donors (Lipinski definition) is 3. The Balaban J connectivity index is 1.24. The Morgan fingerprint density at radius 1 is 1.00 bits per heavy atom. The summed E-state index contributed by atoms with van der Waals surface area (Å²) in [6.07, 6.45) is 6.75. The van der Waals surface area contributed by atoms with E-state index in [4.69, 9.17) is 4.74 Å². The van der Waals surface area contributed by atoms with Gasteiger partial charge in [-0.1, -0.05) is 12.1 Å². The van der Waals surface area contributed by atoms with Crippen LogP contribution < -0.4 is 16.0 Å². The first-order chi connectivity index (χ1) is 16.2. The third-order valence-corrected chi connectivity index (χ3v) is 7.99. The smallest absolute Gasteiger partial charge is 0.339 e. The lowest BCUT2D eigenvalue weighted by Gasteiger charge is -2.56. The van der Waals surface area contributed by atoms with Gasteiger partial charge in [0.05, 0.1) is 11.3 Å². The molecule has 0 aromatic heterocycles. The minimum absolute atomic E-state index is 0.0342. The van der Waals surface area contributed by atoms with E-state index in [0.717, 1.165) is 19.3 Å². The molecule has 1 aromatic carbocycles. The van der Waals surface area contributed by atoms with Crippen molar-refractivity contribution in [3.05, 3.63) is 29.8 Å². The molecule has 4 fully saturated rings. The quantitative estimate of drug-likeness (QED) is 0.383. The van der Waals surface area contributed by atoms with E-state index in [9.17, 15) is 19.2 Å². The maximum atomic E-state index is 12.6. The fourth-order valence-corrected chi connectivity index (χ4v) is 7.03. The number of rotatable bonds is 8. The van der Waals surface area contributed by atoms with Crippen molar-refractivity contribution in [1.29, 1.82) is 0 Å². The number of urea groups is 1. The van der Waals surface area contributed by atoms with E-state index in [1.54, 1.807) is 24.3 Å². The Bertz CT molecular complexity index is 928. The molecule has 5 rings (SSSR count). The molecule has 0 saturated heterocycles. The average molecular weight is 488 g/mol. The van der Waals surface area contributed by atoms with Gasteiger partial charge in [0, 0.05) is 16.5 Å². The molecule has 8 nitrogen and oxygen atoms in total. The summed E-state index contributed by atoms with van der Waals surface area (Å²) in [5.41, 5.74) is 0.0732. The molecule has 4 amide bonds. The Morgan fingerprint density at radius 3 is 2.24 bits per heavy atom. The van der Waals surface area contributed by atoms with Gasteiger partial charge in [-0.15, -0.1) is 11.8 Å². The van der Waals surface area contributed by atoms with Crippen LogP contribution >= 0.6 is 11.8 Å². The van der Waals surface area contributed by atoms with Gasteiger partial charge in [-0.3, -0.25) is 14.9 Å². The predicted molar refractivity (Wildman–Crippen MR) is 128 cm³/mol. The Hall–Kier alpha value is -2.55. The highest BCUT2D eigenvalue weighted by Gasteiger charge is 2.51. The van der Waals surface area contributed by atoms with Gasteiger partial charge in [-0.2, -0.15) is 0 Å². The van der Waals surface area contributed by atoms with Gasteiger partial charge < -0.3 is 15.4 Å². The molecule has 3 N–H and O–H groups in total. The van der Waals surface area contributed by atoms with E-state index in [0.29, 0.717) is 22.6 Å². The fraction of sp³-hybridized carbons (Fsp3) is 0.600. The van der Waals surface area contributed by atoms with Gasteiger partial charge in [0.15, 0.2) is 6.61 Å². The zero-order valence-electron chi connectivity index (χ0n) is 19.7. The molecule has 184 valence electrons. The molecule has 9 heteroatoms. The topological polar surface area (TPSA) is 114 Å². The summed E-state index contributed by atoms with van der Waals surface area (Å²) in [5.74, 6) is 0.717. The second-order valence-corrected chi connectivity index (χ2v) is 11.3. The van der Waals surface area contributed by atoms with E-state index in [1.807, 2.05) is 13.8 Å². The molecular formula is C25H33N3O5S. The third-order valence-electron chi connectivity index (χ3n) is 6.92. The van der Waals surface area contributed by atoms with E-state index in [1.165, 1.54) is 31.0 Å². The summed E-state index contributed by atoms with van der Waals surface area (Å²) in [6.45, 7) is 3.20. The SMILES string of the molecule is CC(C)NC(=O)CSc1ccccc1C(=O)OCC(=O)NC(=O)NC12CC3CC(CC(C3)C1)C2. The van der Waals surface area contributed by atoms with Crippen molar-refractivity contribution >= 4 is 35.6 Å². The highest BCUT2D eigenvalue weighted by Crippen LogP contribution is 2.55. The van der Waals surface area contributed by atoms with Crippen molar-refractivity contribution in [2.75, 3.05) is 12.4 Å². The molecule has 0 radical (unpaired) electrons. The van der Waals surface area contributed by atoms with E-state index in [2.05, 4.69) is 16.0 Å². The van der Waals surface area contributed by atoms with Crippen LogP contribution in [0.4, 0.5) is 4.79 Å². The van der Waals surface area contributed by atoms with Gasteiger partial charge in [-0.25, -0.2) is 9.59 Å². The Labute approximate surface area is 204 Å². The van der Waals surface area contributed by atoms with Crippen LogP contribution in [-0.2, 0) is 14.3 Å². The van der Waals surface area contributed by atoms with Crippen LogP contribution in [0.1, 0.15) is 62.7 Å². The lowest BCUT2D eigenvalue weighted by molar-refractivity contribution is -0.123. The highest BCUT2D eigenvalue weighted by atomic mass is 32.2. The van der Waals surface area contributed by atoms with Crippen LogP contribution in [0.5, 0.6) is 0 Å². The van der Waals surface area contributed by atoms with Crippen molar-refractivity contribution < 1.29 is 23.9 Å². The first-order valence-corrected chi connectivity index (χ1v) is 13.0. The normalized spacial score (nSPS) is 26.7. The van der Waals surface area contributed by atoms with Crippen LogP contribution in [0.3, 0.4) is 0 Å². The molecule has 1 aromatic rings. The summed E-state index contributed by atoms with van der Waals surface area (Å²) < 4.78 is 5.15. The van der Waals surface area contributed by atoms with Gasteiger partial charge in [-0.05, 0) is 82.3 Å². The van der Waals surface area contributed by atoms with Crippen LogP contribution in [0.2, 0.25) is 0 Å². The number of carbonyl (C=O) groups is 4. The molecular weight excluding hydrogens is 454 g/mol. The van der Waals surface area contributed by atoms with Crippen LogP contribution in [0.25, 0.3) is 0 Å². The molecule has 0 heterocycles. The number of ether oxygens (including phenoxy) is 1. The largest absolute Gasteiger partial charge is 0.452 e. The summed E-state index contributed by atoms with van der Waals surface area (Å²) in [6, 6.07) is 6.28. The minimum Gasteiger partial charge on any atom is -0.452 e. The lowest BCUT2D eigenvalue weighted by Crippen LogP contribution is -2.62. The Morgan fingerprint density at radius 2 is 1.62 bits per heavy atom. The predicted octanol–water partition coefficient (Wildman–Crippen LogP) is 3.25. The number of imide groups is 1. The summed E-state index contributed by atoms with van der Waals surface area (Å²) in [5, 5.41) is 8.18. The number of esters is 1. The number of carbonyl (C=O) groups excluding carboxylic acids is 4. The van der Waals surface area contributed by atoms with Crippen molar-refractivity contribution in [3.63, 3.8) is 0 Å². The monoisotopic (exact) mass is 487 g/mol. The second-order valence-electron chi connectivity index (χ2n) is 10.3. The first kappa shape index (κ1) is 24.6. The number of amides is 4. The zero-order chi connectivity index (χ0) is 24.3. The number of hydrogen-bond acceptors (Lipinski definition) is 6. The lowest BCUT2D eigenvalue weighted by atomic mass is 9.53. The number of benzene rings is 1. The standard InChI is InChI=1S/C25H33N3O5S/c1-15(2)26-22(30)14-34-20-6-4-3-5-19(20)23(31)33-13-21(29)27-24(32)28-25-10-16-7-17(11-25)9-18(8-16)12-25/h3-6,15-18H,7-14H2,1-2H3,(H,26,30)(H2,27,28,29,32). The molecule has 4 aliphatic carbocycles. The molecule has 0 aliphatic heterocycles. The Kier molecular flexibility index (Phi) is 7.50. The summed E-state index contributed by atoms with van der Waals surface area (Å²) >= 11 is 1.22. The van der Waals surface area contributed by atoms with E-state index in [-0.39, 0.29) is 28.8 Å². The third kappa shape index (κ3) is 6.11. The fourth-order valence-electron chi connectivity index (χ4n) is 6.18. The molecule has 0 atom stereocenters.